The van der Waals surface area contributed by atoms with Crippen LogP contribution in [-0.2, 0) is 17.8 Å². The molecule has 2 heterocycles. The highest BCUT2D eigenvalue weighted by molar-refractivity contribution is 5.86. The zero-order valence-corrected chi connectivity index (χ0v) is 14.6. The minimum absolute atomic E-state index is 0.118. The number of benzene rings is 1. The van der Waals surface area contributed by atoms with Gasteiger partial charge in [0.05, 0.1) is 24.5 Å². The molecule has 0 bridgehead atoms. The molecule has 1 aromatic carbocycles. The minimum Gasteiger partial charge on any atom is -0.369 e. The third-order valence-corrected chi connectivity index (χ3v) is 3.90. The molecule has 8 heteroatoms. The first-order valence-corrected chi connectivity index (χ1v) is 8.59. The zero-order valence-electron chi connectivity index (χ0n) is 14.6. The monoisotopic (exact) mass is 356 g/mol. The summed E-state index contributed by atoms with van der Waals surface area (Å²) in [5.41, 5.74) is 1.50. The lowest BCUT2D eigenvalue weighted by atomic mass is 10.1. The summed E-state index contributed by atoms with van der Waals surface area (Å²) in [6.07, 6.45) is 4.45. The third-order valence-electron chi connectivity index (χ3n) is 3.90. The number of fused-ring (bicyclic) bond motifs is 1. The zero-order chi connectivity index (χ0) is 18.4. The number of hydrogen-bond acceptors (Lipinski definition) is 5. The Bertz CT molecular complexity index is 877. The summed E-state index contributed by atoms with van der Waals surface area (Å²) in [5, 5.41) is 11.3. The Labute approximate surface area is 150 Å². The lowest BCUT2D eigenvalue weighted by Gasteiger charge is -2.07. The number of nitrogens with one attached hydrogen (secondary N) is 2. The van der Waals surface area contributed by atoms with Gasteiger partial charge in [0, 0.05) is 13.1 Å². The molecule has 2 aromatic heterocycles. The topological polar surface area (TPSA) is 84.7 Å². The van der Waals surface area contributed by atoms with Crippen molar-refractivity contribution in [3.05, 3.63) is 48.2 Å². The number of halogens is 1. The Balaban J connectivity index is 1.56. The number of amides is 1. The van der Waals surface area contributed by atoms with E-state index in [1.807, 2.05) is 0 Å². The number of aromatic nitrogens is 4. The van der Waals surface area contributed by atoms with Crippen LogP contribution < -0.4 is 10.6 Å². The average molecular weight is 356 g/mol. The van der Waals surface area contributed by atoms with Gasteiger partial charge in [-0.05, 0) is 24.1 Å². The van der Waals surface area contributed by atoms with Crippen molar-refractivity contribution in [3.8, 4) is 0 Å². The standard InChI is InChI=1S/C18H21FN6O/c1-2-7-21-17-15-11-24-25(18(15)23-12-22-17)9-8-20-16(26)10-13-3-5-14(19)6-4-13/h3-6,11-12H,2,7-10H2,1H3,(H,20,26)(H,21,22,23). The molecule has 3 rings (SSSR count). The van der Waals surface area contributed by atoms with Crippen LogP contribution in [0, 0.1) is 5.82 Å². The first kappa shape index (κ1) is 17.8. The van der Waals surface area contributed by atoms with Crippen LogP contribution in [0.1, 0.15) is 18.9 Å². The lowest BCUT2D eigenvalue weighted by molar-refractivity contribution is -0.120. The minimum atomic E-state index is -0.311. The summed E-state index contributed by atoms with van der Waals surface area (Å²) < 4.78 is 14.6. The Kier molecular flexibility index (Phi) is 5.73. The van der Waals surface area contributed by atoms with E-state index in [-0.39, 0.29) is 18.1 Å². The van der Waals surface area contributed by atoms with Gasteiger partial charge in [0.25, 0.3) is 0 Å². The molecule has 0 aliphatic carbocycles. The van der Waals surface area contributed by atoms with Crippen molar-refractivity contribution in [2.75, 3.05) is 18.4 Å². The normalized spacial score (nSPS) is 10.8. The molecule has 26 heavy (non-hydrogen) atoms. The number of carbonyl (C=O) groups excluding carboxylic acids is 1. The maximum Gasteiger partial charge on any atom is 0.224 e. The van der Waals surface area contributed by atoms with Gasteiger partial charge < -0.3 is 10.6 Å². The van der Waals surface area contributed by atoms with Crippen LogP contribution in [-0.4, -0.2) is 38.7 Å². The third kappa shape index (κ3) is 4.33. The summed E-state index contributed by atoms with van der Waals surface area (Å²) in [4.78, 5) is 20.5. The van der Waals surface area contributed by atoms with Gasteiger partial charge in [-0.15, -0.1) is 0 Å². The molecule has 1 amide bonds. The molecule has 0 aliphatic heterocycles. The van der Waals surface area contributed by atoms with E-state index in [2.05, 4.69) is 32.6 Å². The Morgan fingerprint density at radius 2 is 2.00 bits per heavy atom. The van der Waals surface area contributed by atoms with Crippen LogP contribution >= 0.6 is 0 Å². The Morgan fingerprint density at radius 3 is 2.77 bits per heavy atom. The van der Waals surface area contributed by atoms with Crippen molar-refractivity contribution in [2.24, 2.45) is 0 Å². The van der Waals surface area contributed by atoms with Crippen molar-refractivity contribution >= 4 is 22.8 Å². The van der Waals surface area contributed by atoms with Gasteiger partial charge in [0.1, 0.15) is 18.0 Å². The number of carbonyl (C=O) groups is 1. The fraction of sp³-hybridized carbons (Fsp3) is 0.333. The van der Waals surface area contributed by atoms with E-state index in [0.717, 1.165) is 35.4 Å². The van der Waals surface area contributed by atoms with E-state index in [4.69, 9.17) is 0 Å². The second kappa shape index (κ2) is 8.37. The van der Waals surface area contributed by atoms with Crippen molar-refractivity contribution < 1.29 is 9.18 Å². The van der Waals surface area contributed by atoms with Crippen LogP contribution in [0.4, 0.5) is 10.2 Å². The molecule has 0 unspecified atom stereocenters. The molecule has 0 fully saturated rings. The fourth-order valence-electron chi connectivity index (χ4n) is 2.59. The second-order valence-corrected chi connectivity index (χ2v) is 5.91. The van der Waals surface area contributed by atoms with Crippen LogP contribution in [0.15, 0.2) is 36.8 Å². The van der Waals surface area contributed by atoms with E-state index in [1.165, 1.54) is 18.5 Å². The Morgan fingerprint density at radius 1 is 1.19 bits per heavy atom. The fourth-order valence-corrected chi connectivity index (χ4v) is 2.59. The summed E-state index contributed by atoms with van der Waals surface area (Å²) in [7, 11) is 0. The SMILES string of the molecule is CCCNc1ncnc2c1cnn2CCNC(=O)Cc1ccc(F)cc1. The molecular weight excluding hydrogens is 335 g/mol. The molecule has 0 atom stereocenters. The molecule has 7 nitrogen and oxygen atoms in total. The number of rotatable bonds is 8. The first-order valence-electron chi connectivity index (χ1n) is 8.59. The van der Waals surface area contributed by atoms with E-state index in [9.17, 15) is 9.18 Å². The van der Waals surface area contributed by atoms with Crippen LogP contribution in [0.5, 0.6) is 0 Å². The van der Waals surface area contributed by atoms with Crippen molar-refractivity contribution in [1.29, 1.82) is 0 Å². The lowest BCUT2D eigenvalue weighted by Crippen LogP contribution is -2.28. The van der Waals surface area contributed by atoms with E-state index < -0.39 is 0 Å². The molecule has 2 N–H and O–H groups in total. The van der Waals surface area contributed by atoms with E-state index >= 15 is 0 Å². The molecule has 0 saturated carbocycles. The molecule has 0 spiro atoms. The van der Waals surface area contributed by atoms with Gasteiger partial charge >= 0.3 is 0 Å². The van der Waals surface area contributed by atoms with Crippen LogP contribution in [0.2, 0.25) is 0 Å². The Hall–Kier alpha value is -3.03. The van der Waals surface area contributed by atoms with Crippen molar-refractivity contribution in [1.82, 2.24) is 25.1 Å². The van der Waals surface area contributed by atoms with Gasteiger partial charge in [-0.3, -0.25) is 4.79 Å². The molecule has 0 radical (unpaired) electrons. The molecule has 0 aliphatic rings. The van der Waals surface area contributed by atoms with Crippen LogP contribution in [0.3, 0.4) is 0 Å². The number of hydrogen-bond donors (Lipinski definition) is 2. The molecule has 3 aromatic rings. The van der Waals surface area contributed by atoms with Gasteiger partial charge in [0.15, 0.2) is 5.65 Å². The van der Waals surface area contributed by atoms with E-state index in [0.29, 0.717) is 13.1 Å². The number of anilines is 1. The van der Waals surface area contributed by atoms with Crippen molar-refractivity contribution in [2.45, 2.75) is 26.3 Å². The van der Waals surface area contributed by atoms with Gasteiger partial charge in [-0.1, -0.05) is 19.1 Å². The van der Waals surface area contributed by atoms with Crippen LogP contribution in [0.25, 0.3) is 11.0 Å². The maximum atomic E-state index is 12.9. The average Bonchev–Trinajstić information content (AvgIpc) is 3.06. The van der Waals surface area contributed by atoms with Gasteiger partial charge in [-0.2, -0.15) is 5.10 Å². The first-order chi connectivity index (χ1) is 12.7. The number of nitrogens with zero attached hydrogens (tertiary/aromatic N) is 4. The largest absolute Gasteiger partial charge is 0.369 e. The highest BCUT2D eigenvalue weighted by Crippen LogP contribution is 2.18. The molecular formula is C18H21FN6O. The summed E-state index contributed by atoms with van der Waals surface area (Å²) in [6.45, 7) is 3.85. The smallest absolute Gasteiger partial charge is 0.224 e. The summed E-state index contributed by atoms with van der Waals surface area (Å²) in [6, 6.07) is 5.92. The molecule has 136 valence electrons. The van der Waals surface area contributed by atoms with Gasteiger partial charge in [0.2, 0.25) is 5.91 Å². The van der Waals surface area contributed by atoms with Crippen molar-refractivity contribution in [3.63, 3.8) is 0 Å². The van der Waals surface area contributed by atoms with Gasteiger partial charge in [-0.25, -0.2) is 19.0 Å². The predicted octanol–water partition coefficient (Wildman–Crippen LogP) is 2.15. The van der Waals surface area contributed by atoms with E-state index in [1.54, 1.807) is 23.0 Å². The molecule has 0 saturated heterocycles. The second-order valence-electron chi connectivity index (χ2n) is 5.91. The summed E-state index contributed by atoms with van der Waals surface area (Å²) in [5.74, 6) is 0.339. The quantitative estimate of drug-likeness (QED) is 0.646. The maximum absolute atomic E-state index is 12.9. The highest BCUT2D eigenvalue weighted by atomic mass is 19.1. The summed E-state index contributed by atoms with van der Waals surface area (Å²) >= 11 is 0. The highest BCUT2D eigenvalue weighted by Gasteiger charge is 2.10. The predicted molar refractivity (Wildman–Crippen MR) is 97.2 cm³/mol.